The summed E-state index contributed by atoms with van der Waals surface area (Å²) >= 11 is 0.731. The third-order valence-corrected chi connectivity index (χ3v) is 4.56. The van der Waals surface area contributed by atoms with Gasteiger partial charge in [0.15, 0.2) is 0 Å². The summed E-state index contributed by atoms with van der Waals surface area (Å²) in [4.78, 5) is 16.2. The van der Waals surface area contributed by atoms with Gasteiger partial charge in [0, 0.05) is 11.1 Å². The van der Waals surface area contributed by atoms with E-state index in [1.165, 1.54) is 25.1 Å². The number of halogens is 4. The molecule has 130 valence electrons. The number of rotatable bonds is 2. The zero-order chi connectivity index (χ0) is 18.4. The first-order valence-corrected chi connectivity index (χ1v) is 7.83. The number of carbonyl (C=O) groups excluding carboxylic acids is 1. The first-order chi connectivity index (χ1) is 11.7. The van der Waals surface area contributed by atoms with Crippen molar-refractivity contribution in [2.24, 2.45) is 0 Å². The second-order valence-electron chi connectivity index (χ2n) is 5.27. The summed E-state index contributed by atoms with van der Waals surface area (Å²) in [5, 5.41) is 1.99. The molecule has 9 heteroatoms. The van der Waals surface area contributed by atoms with E-state index in [2.05, 4.69) is 10.3 Å². The van der Waals surface area contributed by atoms with Crippen molar-refractivity contribution in [3.05, 3.63) is 52.3 Å². The highest BCUT2D eigenvalue weighted by Crippen LogP contribution is 2.42. The Labute approximate surface area is 143 Å². The number of amides is 1. The molecular weight excluding hydrogens is 358 g/mol. The van der Waals surface area contributed by atoms with Gasteiger partial charge in [0.25, 0.3) is 5.91 Å². The standard InChI is InChI=1S/C16H11F4N3OS/c1-7-6-8(16(18,19)20)11-12(21)13(25-15(11)22-7)14(24)23-10-5-3-2-4-9(10)17/h2-6H,21H2,1H3,(H,23,24). The summed E-state index contributed by atoms with van der Waals surface area (Å²) in [5.41, 5.74) is 4.58. The summed E-state index contributed by atoms with van der Waals surface area (Å²) < 4.78 is 53.4. The van der Waals surface area contributed by atoms with Gasteiger partial charge in [0.2, 0.25) is 0 Å². The number of aryl methyl sites for hydroxylation is 1. The van der Waals surface area contributed by atoms with Crippen LogP contribution in [-0.4, -0.2) is 10.9 Å². The molecule has 0 aliphatic heterocycles. The fourth-order valence-corrected chi connectivity index (χ4v) is 3.44. The van der Waals surface area contributed by atoms with Gasteiger partial charge in [0.1, 0.15) is 15.5 Å². The molecule has 1 aromatic carbocycles. The number of nitrogens with two attached hydrogens (primary N) is 1. The number of hydrogen-bond donors (Lipinski definition) is 2. The van der Waals surface area contributed by atoms with Crippen molar-refractivity contribution in [3.8, 4) is 0 Å². The number of hydrogen-bond acceptors (Lipinski definition) is 4. The van der Waals surface area contributed by atoms with Crippen LogP contribution in [-0.2, 0) is 6.18 Å². The minimum absolute atomic E-state index is 0.00325. The Bertz CT molecular complexity index is 981. The molecule has 0 aliphatic rings. The molecule has 4 nitrogen and oxygen atoms in total. The number of pyridine rings is 1. The zero-order valence-corrected chi connectivity index (χ0v) is 13.6. The molecular formula is C16H11F4N3OS. The number of para-hydroxylation sites is 1. The van der Waals surface area contributed by atoms with Crippen molar-refractivity contribution in [3.63, 3.8) is 0 Å². The lowest BCUT2D eigenvalue weighted by atomic mass is 10.1. The summed E-state index contributed by atoms with van der Waals surface area (Å²) in [6.45, 7) is 1.42. The number of carbonyl (C=O) groups is 1. The number of thiophene rings is 1. The van der Waals surface area contributed by atoms with E-state index in [0.29, 0.717) is 0 Å². The van der Waals surface area contributed by atoms with Gasteiger partial charge >= 0.3 is 6.18 Å². The van der Waals surface area contributed by atoms with E-state index < -0.39 is 23.5 Å². The van der Waals surface area contributed by atoms with Crippen LogP contribution in [0, 0.1) is 12.7 Å². The van der Waals surface area contributed by atoms with Crippen LogP contribution in [0.2, 0.25) is 0 Å². The van der Waals surface area contributed by atoms with Crippen LogP contribution in [0.25, 0.3) is 10.2 Å². The topological polar surface area (TPSA) is 68.0 Å². The Morgan fingerprint density at radius 2 is 1.96 bits per heavy atom. The number of anilines is 2. The van der Waals surface area contributed by atoms with E-state index >= 15 is 0 Å². The van der Waals surface area contributed by atoms with Crippen LogP contribution in [0.3, 0.4) is 0 Å². The first-order valence-electron chi connectivity index (χ1n) is 7.01. The molecule has 0 aliphatic carbocycles. The molecule has 2 aromatic heterocycles. The highest BCUT2D eigenvalue weighted by atomic mass is 32.1. The molecule has 0 atom stereocenters. The largest absolute Gasteiger partial charge is 0.417 e. The van der Waals surface area contributed by atoms with Crippen LogP contribution < -0.4 is 11.1 Å². The van der Waals surface area contributed by atoms with Gasteiger partial charge in [-0.3, -0.25) is 4.79 Å². The quantitative estimate of drug-likeness (QED) is 0.649. The van der Waals surface area contributed by atoms with Crippen LogP contribution in [0.5, 0.6) is 0 Å². The molecule has 1 amide bonds. The van der Waals surface area contributed by atoms with Crippen molar-refractivity contribution in [2.45, 2.75) is 13.1 Å². The minimum Gasteiger partial charge on any atom is -0.397 e. The first kappa shape index (κ1) is 17.2. The summed E-state index contributed by atoms with van der Waals surface area (Å²) in [7, 11) is 0. The van der Waals surface area contributed by atoms with Crippen molar-refractivity contribution in [1.82, 2.24) is 4.98 Å². The zero-order valence-electron chi connectivity index (χ0n) is 12.7. The lowest BCUT2D eigenvalue weighted by Crippen LogP contribution is -2.13. The van der Waals surface area contributed by atoms with E-state index in [4.69, 9.17) is 5.73 Å². The van der Waals surface area contributed by atoms with E-state index in [9.17, 15) is 22.4 Å². The van der Waals surface area contributed by atoms with Gasteiger partial charge in [-0.25, -0.2) is 9.37 Å². The highest BCUT2D eigenvalue weighted by molar-refractivity contribution is 7.21. The van der Waals surface area contributed by atoms with Crippen molar-refractivity contribution < 1.29 is 22.4 Å². The number of alkyl halides is 3. The van der Waals surface area contributed by atoms with E-state index in [-0.39, 0.29) is 32.2 Å². The Morgan fingerprint density at radius 1 is 1.28 bits per heavy atom. The number of nitrogens with one attached hydrogen (secondary N) is 1. The van der Waals surface area contributed by atoms with Gasteiger partial charge in [-0.1, -0.05) is 12.1 Å². The van der Waals surface area contributed by atoms with Gasteiger partial charge in [0.05, 0.1) is 16.9 Å². The monoisotopic (exact) mass is 369 g/mol. The lowest BCUT2D eigenvalue weighted by molar-refractivity contribution is -0.136. The number of nitrogen functional groups attached to an aromatic ring is 1. The maximum atomic E-state index is 13.6. The van der Waals surface area contributed by atoms with Crippen molar-refractivity contribution in [2.75, 3.05) is 11.1 Å². The second-order valence-corrected chi connectivity index (χ2v) is 6.27. The van der Waals surface area contributed by atoms with Gasteiger partial charge < -0.3 is 11.1 Å². The second kappa shape index (κ2) is 5.99. The molecule has 0 spiro atoms. The molecule has 0 saturated heterocycles. The third-order valence-electron chi connectivity index (χ3n) is 3.46. The lowest BCUT2D eigenvalue weighted by Gasteiger charge is -2.09. The SMILES string of the molecule is Cc1cc(C(F)(F)F)c2c(N)c(C(=O)Nc3ccccc3F)sc2n1. The maximum absolute atomic E-state index is 13.6. The normalized spacial score (nSPS) is 11.7. The summed E-state index contributed by atoms with van der Waals surface area (Å²) in [5.74, 6) is -1.46. The molecule has 0 unspecified atom stereocenters. The predicted molar refractivity (Wildman–Crippen MR) is 88.1 cm³/mol. The maximum Gasteiger partial charge on any atom is 0.417 e. The van der Waals surface area contributed by atoms with Gasteiger partial charge in [-0.05, 0) is 25.1 Å². The molecule has 0 radical (unpaired) electrons. The number of fused-ring (bicyclic) bond motifs is 1. The Balaban J connectivity index is 2.10. The van der Waals surface area contributed by atoms with Crippen LogP contribution >= 0.6 is 11.3 Å². The minimum atomic E-state index is -4.64. The summed E-state index contributed by atoms with van der Waals surface area (Å²) in [6, 6.07) is 6.32. The third kappa shape index (κ3) is 3.14. The Morgan fingerprint density at radius 3 is 2.60 bits per heavy atom. The van der Waals surface area contributed by atoms with Crippen LogP contribution in [0.4, 0.5) is 28.9 Å². The fraction of sp³-hybridized carbons (Fsp3) is 0.125. The molecule has 3 rings (SSSR count). The molecule has 3 aromatic rings. The van der Waals surface area contributed by atoms with Crippen molar-refractivity contribution in [1.29, 1.82) is 0 Å². The average Bonchev–Trinajstić information content (AvgIpc) is 2.84. The Hall–Kier alpha value is -2.68. The Kier molecular flexibility index (Phi) is 4.11. The molecule has 0 fully saturated rings. The molecule has 0 saturated carbocycles. The number of aromatic nitrogens is 1. The van der Waals surface area contributed by atoms with Gasteiger partial charge in [-0.15, -0.1) is 11.3 Å². The van der Waals surface area contributed by atoms with E-state index in [1.54, 1.807) is 0 Å². The smallest absolute Gasteiger partial charge is 0.397 e. The number of benzene rings is 1. The van der Waals surface area contributed by atoms with Crippen LogP contribution in [0.1, 0.15) is 20.9 Å². The van der Waals surface area contributed by atoms with Crippen LogP contribution in [0.15, 0.2) is 30.3 Å². The van der Waals surface area contributed by atoms with Crippen molar-refractivity contribution >= 4 is 38.8 Å². The predicted octanol–water partition coefficient (Wildman–Crippen LogP) is 4.60. The van der Waals surface area contributed by atoms with E-state index in [1.807, 2.05) is 0 Å². The molecule has 3 N–H and O–H groups in total. The summed E-state index contributed by atoms with van der Waals surface area (Å²) in [6.07, 6.45) is -4.64. The molecule has 0 bridgehead atoms. The highest BCUT2D eigenvalue weighted by Gasteiger charge is 2.35. The number of nitrogens with zero attached hydrogens (tertiary/aromatic N) is 1. The molecule has 2 heterocycles. The average molecular weight is 369 g/mol. The molecule has 25 heavy (non-hydrogen) atoms. The fourth-order valence-electron chi connectivity index (χ4n) is 2.38. The van der Waals surface area contributed by atoms with Gasteiger partial charge in [-0.2, -0.15) is 13.2 Å². The van der Waals surface area contributed by atoms with E-state index in [0.717, 1.165) is 23.5 Å².